The molecule has 0 fully saturated rings. The Morgan fingerprint density at radius 2 is 0.797 bits per heavy atom. The lowest BCUT2D eigenvalue weighted by Gasteiger charge is -2.13. The highest BCUT2D eigenvalue weighted by atomic mass is 16.3. The summed E-state index contributed by atoms with van der Waals surface area (Å²) in [6, 6.07) is 79.8. The number of benzene rings is 11. The van der Waals surface area contributed by atoms with Gasteiger partial charge in [-0.2, -0.15) is 0 Å². The first-order valence-electron chi connectivity index (χ1n) is 23.3. The van der Waals surface area contributed by atoms with Crippen molar-refractivity contribution in [1.29, 1.82) is 0 Å². The van der Waals surface area contributed by atoms with Gasteiger partial charge in [0, 0.05) is 65.5 Å². The minimum absolute atomic E-state index is 0.573. The number of aromatic nitrogens is 5. The maximum absolute atomic E-state index is 6.97. The SMILES string of the molecule is c1ccc(-c2nc(-c3ccc4c(c3)oc3c5ccccc5c(-n5c6cc7ccccc7cc6c6cc7ccccc7cc65)cc43)nc(-c3ccc4c(c3)c3ccccc3n4-c3ccccc3)n2)cc1. The maximum atomic E-state index is 6.97. The maximum Gasteiger partial charge on any atom is 0.164 e. The minimum Gasteiger partial charge on any atom is -0.455 e. The van der Waals surface area contributed by atoms with E-state index in [2.05, 4.69) is 203 Å². The Morgan fingerprint density at radius 1 is 0.290 bits per heavy atom. The van der Waals surface area contributed by atoms with E-state index in [1.807, 2.05) is 30.3 Å². The number of hydrogen-bond donors (Lipinski definition) is 0. The fourth-order valence-electron chi connectivity index (χ4n) is 10.9. The first-order chi connectivity index (χ1) is 34.2. The standard InChI is InChI=1S/C63H37N5O/c1-3-15-38(16-4-1)61-64-62(43-28-30-55-50(33-43)47-24-13-14-26-54(47)67(55)45-21-5-2-6-22-45)66-63(65-61)44-27-29-48-53-37-58(46-23-11-12-25-49(46)60(53)69-59(48)36-44)68-56-34-41-19-9-7-17-39(41)31-51(56)52-32-40-18-8-10-20-42(40)35-57(52)68/h1-37H. The fourth-order valence-corrected chi connectivity index (χ4v) is 10.9. The van der Waals surface area contributed by atoms with Gasteiger partial charge in [-0.25, -0.2) is 15.0 Å². The molecule has 0 atom stereocenters. The summed E-state index contributed by atoms with van der Waals surface area (Å²) < 4.78 is 11.8. The van der Waals surface area contributed by atoms with Crippen LogP contribution in [0.2, 0.25) is 0 Å². The second-order valence-electron chi connectivity index (χ2n) is 18.0. The van der Waals surface area contributed by atoms with Gasteiger partial charge < -0.3 is 13.6 Å². The van der Waals surface area contributed by atoms with E-state index in [0.29, 0.717) is 17.5 Å². The normalized spacial score (nSPS) is 12.1. The lowest BCUT2D eigenvalue weighted by atomic mass is 10.0. The van der Waals surface area contributed by atoms with Gasteiger partial charge in [-0.15, -0.1) is 0 Å². The van der Waals surface area contributed by atoms with Crippen LogP contribution in [0.1, 0.15) is 0 Å². The van der Waals surface area contributed by atoms with E-state index < -0.39 is 0 Å². The molecule has 15 aromatic rings. The Morgan fingerprint density at radius 3 is 1.48 bits per heavy atom. The van der Waals surface area contributed by atoms with Crippen molar-refractivity contribution in [3.05, 3.63) is 224 Å². The Bertz CT molecular complexity index is 4510. The summed E-state index contributed by atoms with van der Waals surface area (Å²) in [4.78, 5) is 15.5. The van der Waals surface area contributed by atoms with Crippen LogP contribution < -0.4 is 0 Å². The zero-order valence-corrected chi connectivity index (χ0v) is 37.0. The van der Waals surface area contributed by atoms with Crippen molar-refractivity contribution in [2.75, 3.05) is 0 Å². The first-order valence-corrected chi connectivity index (χ1v) is 23.3. The molecule has 69 heavy (non-hydrogen) atoms. The number of furan rings is 1. The van der Waals surface area contributed by atoms with Crippen LogP contribution in [0.3, 0.4) is 0 Å². The molecule has 11 aromatic carbocycles. The van der Waals surface area contributed by atoms with E-state index in [-0.39, 0.29) is 0 Å². The topological polar surface area (TPSA) is 61.7 Å². The summed E-state index contributed by atoms with van der Waals surface area (Å²) >= 11 is 0. The smallest absolute Gasteiger partial charge is 0.164 e. The van der Waals surface area contributed by atoms with E-state index in [1.165, 1.54) is 48.7 Å². The summed E-state index contributed by atoms with van der Waals surface area (Å²) in [5.41, 5.74) is 11.1. The van der Waals surface area contributed by atoms with Crippen molar-refractivity contribution in [1.82, 2.24) is 24.1 Å². The third-order valence-corrected chi connectivity index (χ3v) is 14.1. The largest absolute Gasteiger partial charge is 0.455 e. The Kier molecular flexibility index (Phi) is 7.97. The molecule has 0 spiro atoms. The lowest BCUT2D eigenvalue weighted by Crippen LogP contribution is -2.00. The quantitative estimate of drug-likeness (QED) is 0.173. The molecule has 6 heteroatoms. The average molecular weight is 880 g/mol. The predicted molar refractivity (Wildman–Crippen MR) is 285 cm³/mol. The number of fused-ring (bicyclic) bond motifs is 13. The van der Waals surface area contributed by atoms with Crippen LogP contribution >= 0.6 is 0 Å². The second-order valence-corrected chi connectivity index (χ2v) is 18.0. The van der Waals surface area contributed by atoms with Crippen LogP contribution in [-0.2, 0) is 0 Å². The van der Waals surface area contributed by atoms with Crippen LogP contribution in [0.4, 0.5) is 0 Å². The highest BCUT2D eigenvalue weighted by Gasteiger charge is 2.22. The predicted octanol–water partition coefficient (Wildman–Crippen LogP) is 16.4. The molecule has 0 N–H and O–H groups in total. The van der Waals surface area contributed by atoms with E-state index in [0.717, 1.165) is 77.2 Å². The van der Waals surface area contributed by atoms with E-state index in [1.54, 1.807) is 0 Å². The number of nitrogens with zero attached hydrogens (tertiary/aromatic N) is 5. The molecule has 15 rings (SSSR count). The van der Waals surface area contributed by atoms with Crippen LogP contribution in [0.5, 0.6) is 0 Å². The van der Waals surface area contributed by atoms with E-state index in [4.69, 9.17) is 19.4 Å². The summed E-state index contributed by atoms with van der Waals surface area (Å²) in [7, 11) is 0. The van der Waals surface area contributed by atoms with Crippen molar-refractivity contribution in [2.24, 2.45) is 0 Å². The van der Waals surface area contributed by atoms with Gasteiger partial charge in [0.25, 0.3) is 0 Å². The van der Waals surface area contributed by atoms with Gasteiger partial charge >= 0.3 is 0 Å². The van der Waals surface area contributed by atoms with Crippen molar-refractivity contribution in [3.8, 4) is 45.5 Å². The Hall–Kier alpha value is -9.39. The van der Waals surface area contributed by atoms with Crippen molar-refractivity contribution in [2.45, 2.75) is 0 Å². The molecular formula is C63H37N5O. The minimum atomic E-state index is 0.573. The molecule has 0 aliphatic rings. The molecular weight excluding hydrogens is 843 g/mol. The lowest BCUT2D eigenvalue weighted by molar-refractivity contribution is 0.672. The summed E-state index contributed by atoms with van der Waals surface area (Å²) in [6.45, 7) is 0. The zero-order valence-electron chi connectivity index (χ0n) is 37.0. The number of rotatable bonds is 5. The first kappa shape index (κ1) is 37.8. The zero-order chi connectivity index (χ0) is 45.2. The molecule has 0 aliphatic heterocycles. The van der Waals surface area contributed by atoms with E-state index >= 15 is 0 Å². The molecule has 0 saturated carbocycles. The monoisotopic (exact) mass is 879 g/mol. The van der Waals surface area contributed by atoms with Crippen LogP contribution in [-0.4, -0.2) is 24.1 Å². The summed E-state index contributed by atoms with van der Waals surface area (Å²) in [6.07, 6.45) is 0. The molecule has 320 valence electrons. The Labute approximate surface area is 394 Å². The van der Waals surface area contributed by atoms with Crippen molar-refractivity contribution in [3.63, 3.8) is 0 Å². The van der Waals surface area contributed by atoms with Gasteiger partial charge in [0.15, 0.2) is 17.5 Å². The Balaban J connectivity index is 0.929. The van der Waals surface area contributed by atoms with Crippen LogP contribution in [0.15, 0.2) is 229 Å². The highest BCUT2D eigenvalue weighted by molar-refractivity contribution is 6.21. The number of hydrogen-bond acceptors (Lipinski definition) is 4. The second kappa shape index (κ2) is 14.6. The van der Waals surface area contributed by atoms with Gasteiger partial charge in [-0.05, 0) is 100 Å². The molecule has 0 bridgehead atoms. The molecule has 4 aromatic heterocycles. The molecule has 0 aliphatic carbocycles. The average Bonchev–Trinajstić information content (AvgIpc) is 4.06. The molecule has 0 radical (unpaired) electrons. The summed E-state index contributed by atoms with van der Waals surface area (Å²) in [5.74, 6) is 1.78. The fraction of sp³-hybridized carbons (Fsp3) is 0. The van der Waals surface area contributed by atoms with Gasteiger partial charge in [-0.1, -0.05) is 146 Å². The van der Waals surface area contributed by atoms with Gasteiger partial charge in [0.2, 0.25) is 0 Å². The highest BCUT2D eigenvalue weighted by Crippen LogP contribution is 2.43. The van der Waals surface area contributed by atoms with Crippen molar-refractivity contribution >= 4 is 97.9 Å². The molecule has 0 saturated heterocycles. The van der Waals surface area contributed by atoms with E-state index in [9.17, 15) is 0 Å². The van der Waals surface area contributed by atoms with Gasteiger partial charge in [0.05, 0.1) is 27.8 Å². The van der Waals surface area contributed by atoms with Gasteiger partial charge in [-0.3, -0.25) is 0 Å². The number of para-hydroxylation sites is 2. The third kappa shape index (κ3) is 5.76. The van der Waals surface area contributed by atoms with Gasteiger partial charge in [0.1, 0.15) is 11.2 Å². The van der Waals surface area contributed by atoms with Crippen molar-refractivity contribution < 1.29 is 4.42 Å². The third-order valence-electron chi connectivity index (χ3n) is 14.1. The molecule has 0 unspecified atom stereocenters. The molecule has 4 heterocycles. The molecule has 0 amide bonds. The molecule has 6 nitrogen and oxygen atoms in total. The van der Waals surface area contributed by atoms with Crippen LogP contribution in [0, 0.1) is 0 Å². The van der Waals surface area contributed by atoms with Crippen LogP contribution in [0.25, 0.3) is 143 Å². The summed E-state index contributed by atoms with van der Waals surface area (Å²) in [5, 5.41) is 13.9.